The van der Waals surface area contributed by atoms with E-state index < -0.39 is 0 Å². The molecule has 144 valence electrons. The third-order valence-electron chi connectivity index (χ3n) is 4.92. The molecule has 2 aromatic rings. The van der Waals surface area contributed by atoms with Gasteiger partial charge in [-0.15, -0.1) is 0 Å². The van der Waals surface area contributed by atoms with E-state index in [-0.39, 0.29) is 12.5 Å². The molecule has 27 heavy (non-hydrogen) atoms. The zero-order valence-electron chi connectivity index (χ0n) is 15.9. The Morgan fingerprint density at radius 3 is 2.22 bits per heavy atom. The maximum atomic E-state index is 12.5. The second-order valence-corrected chi connectivity index (χ2v) is 7.77. The number of halogens is 2. The lowest BCUT2D eigenvalue weighted by Crippen LogP contribution is -2.50. The molecule has 0 saturated carbocycles. The van der Waals surface area contributed by atoms with Crippen molar-refractivity contribution < 1.29 is 9.53 Å². The zero-order chi connectivity index (χ0) is 19.6. The molecule has 0 radical (unpaired) electrons. The third-order valence-corrected chi connectivity index (χ3v) is 5.75. The number of piperazine rings is 1. The van der Waals surface area contributed by atoms with Crippen LogP contribution in [0.5, 0.6) is 5.75 Å². The molecule has 3 rings (SSSR count). The Morgan fingerprint density at radius 2 is 1.59 bits per heavy atom. The summed E-state index contributed by atoms with van der Waals surface area (Å²) in [5, 5.41) is 1.47. The molecule has 1 aliphatic heterocycles. The first-order chi connectivity index (χ1) is 12.8. The maximum absolute atomic E-state index is 12.5. The van der Waals surface area contributed by atoms with Gasteiger partial charge in [-0.1, -0.05) is 29.3 Å². The number of nitrogens with zero attached hydrogens (tertiary/aromatic N) is 2. The van der Waals surface area contributed by atoms with Crippen molar-refractivity contribution in [1.82, 2.24) is 4.90 Å². The number of carbonyl (C=O) groups is 1. The molecule has 0 unspecified atom stereocenters. The van der Waals surface area contributed by atoms with Gasteiger partial charge in [-0.25, -0.2) is 0 Å². The monoisotopic (exact) mass is 406 g/mol. The van der Waals surface area contributed by atoms with E-state index in [0.29, 0.717) is 18.8 Å². The van der Waals surface area contributed by atoms with Crippen molar-refractivity contribution in [3.63, 3.8) is 0 Å². The number of rotatable bonds is 4. The van der Waals surface area contributed by atoms with Crippen LogP contribution >= 0.6 is 23.2 Å². The molecule has 1 amide bonds. The van der Waals surface area contributed by atoms with Crippen molar-refractivity contribution in [1.29, 1.82) is 0 Å². The summed E-state index contributed by atoms with van der Waals surface area (Å²) in [5.74, 6) is 0.679. The Kier molecular flexibility index (Phi) is 6.18. The second-order valence-electron chi connectivity index (χ2n) is 6.96. The van der Waals surface area contributed by atoms with Crippen molar-refractivity contribution >= 4 is 34.8 Å². The number of aryl methyl sites for hydroxylation is 3. The molecule has 1 aliphatic rings. The van der Waals surface area contributed by atoms with Crippen LogP contribution in [0.2, 0.25) is 10.0 Å². The highest BCUT2D eigenvalue weighted by Crippen LogP contribution is 2.27. The highest BCUT2D eigenvalue weighted by Gasteiger charge is 2.22. The smallest absolute Gasteiger partial charge is 0.260 e. The van der Waals surface area contributed by atoms with Crippen LogP contribution in [0.15, 0.2) is 30.3 Å². The summed E-state index contributed by atoms with van der Waals surface area (Å²) in [6.45, 7) is 8.89. The predicted octanol–water partition coefficient (Wildman–Crippen LogP) is 4.65. The molecule has 1 saturated heterocycles. The minimum atomic E-state index is 0.00252. The van der Waals surface area contributed by atoms with Gasteiger partial charge in [-0.3, -0.25) is 4.79 Å². The fourth-order valence-corrected chi connectivity index (χ4v) is 3.62. The van der Waals surface area contributed by atoms with Gasteiger partial charge in [-0.2, -0.15) is 0 Å². The quantitative estimate of drug-likeness (QED) is 0.740. The average molecular weight is 407 g/mol. The number of anilines is 1. The SMILES string of the molecule is Cc1ccc(Cl)cc1N1CCN(C(=O)COc2cc(C)c(Cl)c(C)c2)CC1. The Labute approximate surface area is 170 Å². The molecule has 1 fully saturated rings. The van der Waals surface area contributed by atoms with Crippen LogP contribution < -0.4 is 9.64 Å². The van der Waals surface area contributed by atoms with E-state index in [4.69, 9.17) is 27.9 Å². The Hall–Kier alpha value is -1.91. The number of benzene rings is 2. The molecule has 2 aromatic carbocycles. The summed E-state index contributed by atoms with van der Waals surface area (Å²) in [5.41, 5.74) is 4.23. The predicted molar refractivity (Wildman–Crippen MR) is 111 cm³/mol. The largest absolute Gasteiger partial charge is 0.484 e. The van der Waals surface area contributed by atoms with Crippen LogP contribution in [0.1, 0.15) is 16.7 Å². The van der Waals surface area contributed by atoms with Crippen LogP contribution in [0, 0.1) is 20.8 Å². The molecule has 0 aromatic heterocycles. The lowest BCUT2D eigenvalue weighted by Gasteiger charge is -2.36. The van der Waals surface area contributed by atoms with Crippen molar-refractivity contribution in [2.75, 3.05) is 37.7 Å². The summed E-state index contributed by atoms with van der Waals surface area (Å²) in [7, 11) is 0. The molecule has 0 atom stereocenters. The summed E-state index contributed by atoms with van der Waals surface area (Å²) in [6.07, 6.45) is 0. The van der Waals surface area contributed by atoms with E-state index in [0.717, 1.165) is 39.9 Å². The average Bonchev–Trinajstić information content (AvgIpc) is 2.66. The van der Waals surface area contributed by atoms with E-state index in [1.54, 1.807) is 0 Å². The van der Waals surface area contributed by atoms with E-state index in [1.807, 2.05) is 49.1 Å². The van der Waals surface area contributed by atoms with Gasteiger partial charge in [0.15, 0.2) is 6.61 Å². The van der Waals surface area contributed by atoms with Gasteiger partial charge in [0.25, 0.3) is 5.91 Å². The van der Waals surface area contributed by atoms with Gasteiger partial charge in [0, 0.05) is 41.9 Å². The molecule has 4 nitrogen and oxygen atoms in total. The number of hydrogen-bond acceptors (Lipinski definition) is 3. The number of hydrogen-bond donors (Lipinski definition) is 0. The van der Waals surface area contributed by atoms with Gasteiger partial charge in [0.05, 0.1) is 0 Å². The van der Waals surface area contributed by atoms with Gasteiger partial charge < -0.3 is 14.5 Å². The summed E-state index contributed by atoms with van der Waals surface area (Å²) < 4.78 is 5.70. The molecule has 0 N–H and O–H groups in total. The second kappa shape index (κ2) is 8.41. The Bertz CT molecular complexity index is 823. The van der Waals surface area contributed by atoms with Crippen LogP contribution in [-0.2, 0) is 4.79 Å². The van der Waals surface area contributed by atoms with Gasteiger partial charge in [-0.05, 0) is 61.7 Å². The molecular formula is C21H24Cl2N2O2. The first-order valence-electron chi connectivity index (χ1n) is 9.03. The van der Waals surface area contributed by atoms with E-state index in [1.165, 1.54) is 5.56 Å². The summed E-state index contributed by atoms with van der Waals surface area (Å²) >= 11 is 12.3. The molecular weight excluding hydrogens is 383 g/mol. The van der Waals surface area contributed by atoms with Crippen LogP contribution in [0.25, 0.3) is 0 Å². The van der Waals surface area contributed by atoms with Crippen LogP contribution in [-0.4, -0.2) is 43.6 Å². The molecule has 0 bridgehead atoms. The third kappa shape index (κ3) is 4.69. The first-order valence-corrected chi connectivity index (χ1v) is 9.79. The minimum absolute atomic E-state index is 0.00252. The lowest BCUT2D eigenvalue weighted by atomic mass is 10.1. The highest BCUT2D eigenvalue weighted by molar-refractivity contribution is 6.32. The molecule has 0 spiro atoms. The molecule has 6 heteroatoms. The highest BCUT2D eigenvalue weighted by atomic mass is 35.5. The zero-order valence-corrected chi connectivity index (χ0v) is 17.4. The van der Waals surface area contributed by atoms with E-state index in [9.17, 15) is 4.79 Å². The van der Waals surface area contributed by atoms with Crippen molar-refractivity contribution in [3.8, 4) is 5.75 Å². The molecule has 0 aliphatic carbocycles. The van der Waals surface area contributed by atoms with Crippen LogP contribution in [0.3, 0.4) is 0 Å². The maximum Gasteiger partial charge on any atom is 0.260 e. The standard InChI is InChI=1S/C21H24Cl2N2O2/c1-14-4-5-17(22)12-19(14)24-6-8-25(9-7-24)20(26)13-27-18-10-15(2)21(23)16(3)11-18/h4-5,10-12H,6-9,13H2,1-3H3. The minimum Gasteiger partial charge on any atom is -0.484 e. The number of carbonyl (C=O) groups excluding carboxylic acids is 1. The van der Waals surface area contributed by atoms with Gasteiger partial charge >= 0.3 is 0 Å². The van der Waals surface area contributed by atoms with E-state index >= 15 is 0 Å². The molecule has 1 heterocycles. The van der Waals surface area contributed by atoms with E-state index in [2.05, 4.69) is 11.8 Å². The van der Waals surface area contributed by atoms with Gasteiger partial charge in [0.2, 0.25) is 0 Å². The summed E-state index contributed by atoms with van der Waals surface area (Å²) in [4.78, 5) is 16.6. The van der Waals surface area contributed by atoms with Gasteiger partial charge in [0.1, 0.15) is 5.75 Å². The topological polar surface area (TPSA) is 32.8 Å². The Balaban J connectivity index is 1.55. The van der Waals surface area contributed by atoms with Crippen molar-refractivity contribution in [2.24, 2.45) is 0 Å². The normalized spacial score (nSPS) is 14.4. The lowest BCUT2D eigenvalue weighted by molar-refractivity contribution is -0.133. The van der Waals surface area contributed by atoms with Crippen LogP contribution in [0.4, 0.5) is 5.69 Å². The van der Waals surface area contributed by atoms with Crippen molar-refractivity contribution in [3.05, 3.63) is 57.1 Å². The summed E-state index contributed by atoms with van der Waals surface area (Å²) in [6, 6.07) is 9.64. The first kappa shape index (κ1) is 19.8. The number of amides is 1. The Morgan fingerprint density at radius 1 is 0.963 bits per heavy atom. The fourth-order valence-electron chi connectivity index (χ4n) is 3.35. The van der Waals surface area contributed by atoms with Crippen molar-refractivity contribution in [2.45, 2.75) is 20.8 Å². The number of ether oxygens (including phenoxy) is 1. The fraction of sp³-hybridized carbons (Fsp3) is 0.381.